The van der Waals surface area contributed by atoms with Crippen LogP contribution >= 0.6 is 11.9 Å². The summed E-state index contributed by atoms with van der Waals surface area (Å²) in [5, 5.41) is 9.18. The highest BCUT2D eigenvalue weighted by molar-refractivity contribution is 7.97. The van der Waals surface area contributed by atoms with E-state index in [0.29, 0.717) is 5.69 Å². The van der Waals surface area contributed by atoms with Crippen LogP contribution in [0.1, 0.15) is 32.9 Å². The average Bonchev–Trinajstić information content (AvgIpc) is 3.13. The van der Waals surface area contributed by atoms with Gasteiger partial charge in [0.2, 0.25) is 5.91 Å². The first-order valence-electron chi connectivity index (χ1n) is 10.2. The van der Waals surface area contributed by atoms with Gasteiger partial charge in [-0.25, -0.2) is 14.1 Å². The van der Waals surface area contributed by atoms with Gasteiger partial charge in [0, 0.05) is 30.0 Å². The van der Waals surface area contributed by atoms with Gasteiger partial charge in [0.15, 0.2) is 0 Å². The van der Waals surface area contributed by atoms with Crippen molar-refractivity contribution < 1.29 is 14.7 Å². The van der Waals surface area contributed by atoms with Crippen molar-refractivity contribution in [3.8, 4) is 0 Å². The molecule has 0 aliphatic heterocycles. The maximum absolute atomic E-state index is 13.3. The van der Waals surface area contributed by atoms with Gasteiger partial charge in [0.05, 0.1) is 18.7 Å². The summed E-state index contributed by atoms with van der Waals surface area (Å²) in [6, 6.07) is 10.6. The molecule has 3 rings (SSSR count). The molecule has 0 spiro atoms. The van der Waals surface area contributed by atoms with Crippen LogP contribution in [0.4, 0.5) is 5.69 Å². The standard InChI is InChI=1S/C24H28N4O3S/c1-16-12-17(2)23(18(3)13-16)32-27(5)15-22(29)28(14-21-25-10-11-26(21)4)20-8-6-19(7-9-20)24(30)31/h6-13H,14-15H2,1-5H3,(H,30,31). The molecule has 1 amide bonds. The number of imidazole rings is 1. The number of carboxylic acids is 1. The van der Waals surface area contributed by atoms with Crippen LogP contribution < -0.4 is 4.90 Å². The molecule has 0 unspecified atom stereocenters. The third-order valence-corrected chi connectivity index (χ3v) is 6.42. The Morgan fingerprint density at radius 3 is 2.25 bits per heavy atom. The molecule has 1 heterocycles. The zero-order chi connectivity index (χ0) is 23.4. The van der Waals surface area contributed by atoms with Gasteiger partial charge in [0.25, 0.3) is 0 Å². The minimum Gasteiger partial charge on any atom is -0.478 e. The largest absolute Gasteiger partial charge is 0.478 e. The van der Waals surface area contributed by atoms with Crippen LogP contribution in [0.2, 0.25) is 0 Å². The summed E-state index contributed by atoms with van der Waals surface area (Å²) in [6.07, 6.45) is 3.52. The average molecular weight is 453 g/mol. The van der Waals surface area contributed by atoms with Crippen molar-refractivity contribution in [3.05, 3.63) is 76.9 Å². The number of aromatic carboxylic acids is 1. The number of anilines is 1. The van der Waals surface area contributed by atoms with Crippen LogP contribution in [0.5, 0.6) is 0 Å². The van der Waals surface area contributed by atoms with Gasteiger partial charge in [-0.1, -0.05) is 17.7 Å². The minimum atomic E-state index is -1.00. The van der Waals surface area contributed by atoms with Crippen LogP contribution in [0.15, 0.2) is 53.7 Å². The van der Waals surface area contributed by atoms with Crippen molar-refractivity contribution in [2.24, 2.45) is 7.05 Å². The molecule has 7 nitrogen and oxygen atoms in total. The highest BCUT2D eigenvalue weighted by Gasteiger charge is 2.21. The van der Waals surface area contributed by atoms with E-state index in [4.69, 9.17) is 0 Å². The molecule has 0 radical (unpaired) electrons. The first kappa shape index (κ1) is 23.6. The van der Waals surface area contributed by atoms with Crippen molar-refractivity contribution in [2.45, 2.75) is 32.2 Å². The molecule has 8 heteroatoms. The summed E-state index contributed by atoms with van der Waals surface area (Å²) in [7, 11) is 3.78. The Morgan fingerprint density at radius 1 is 1.09 bits per heavy atom. The Balaban J connectivity index is 1.81. The van der Waals surface area contributed by atoms with Gasteiger partial charge in [-0.2, -0.15) is 0 Å². The second-order valence-electron chi connectivity index (χ2n) is 7.89. The number of hydrogen-bond donors (Lipinski definition) is 1. The SMILES string of the molecule is Cc1cc(C)c(SN(C)CC(=O)N(Cc2nccn2C)c2ccc(C(=O)O)cc2)c(C)c1. The van der Waals surface area contributed by atoms with Crippen molar-refractivity contribution in [3.63, 3.8) is 0 Å². The number of carbonyl (C=O) groups is 2. The van der Waals surface area contributed by atoms with E-state index < -0.39 is 5.97 Å². The molecule has 2 aromatic carbocycles. The molecule has 0 fully saturated rings. The molecule has 0 atom stereocenters. The number of benzene rings is 2. The first-order valence-corrected chi connectivity index (χ1v) is 11.0. The number of aryl methyl sites for hydroxylation is 4. The Kier molecular flexibility index (Phi) is 7.37. The van der Waals surface area contributed by atoms with Gasteiger partial charge < -0.3 is 14.6 Å². The molecule has 1 N–H and O–H groups in total. The van der Waals surface area contributed by atoms with E-state index >= 15 is 0 Å². The van der Waals surface area contributed by atoms with E-state index in [0.717, 1.165) is 10.7 Å². The van der Waals surface area contributed by atoms with E-state index in [1.54, 1.807) is 35.2 Å². The second kappa shape index (κ2) is 10.0. The monoisotopic (exact) mass is 452 g/mol. The zero-order valence-electron chi connectivity index (χ0n) is 19.0. The van der Waals surface area contributed by atoms with Gasteiger partial charge >= 0.3 is 5.97 Å². The summed E-state index contributed by atoms with van der Waals surface area (Å²) < 4.78 is 3.79. The molecule has 0 saturated carbocycles. The fourth-order valence-electron chi connectivity index (χ4n) is 3.57. The van der Waals surface area contributed by atoms with Crippen molar-refractivity contribution in [1.29, 1.82) is 0 Å². The fourth-order valence-corrected chi connectivity index (χ4v) is 4.46. The molecule has 168 valence electrons. The summed E-state index contributed by atoms with van der Waals surface area (Å²) >= 11 is 1.55. The highest BCUT2D eigenvalue weighted by Crippen LogP contribution is 2.30. The summed E-state index contributed by atoms with van der Waals surface area (Å²) in [5.41, 5.74) is 4.39. The van der Waals surface area contributed by atoms with Gasteiger partial charge in [0.1, 0.15) is 5.82 Å². The number of likely N-dealkylation sites (N-methyl/N-ethyl adjacent to an activating group) is 1. The lowest BCUT2D eigenvalue weighted by molar-refractivity contribution is -0.118. The fraction of sp³-hybridized carbons (Fsp3) is 0.292. The maximum atomic E-state index is 13.3. The second-order valence-corrected chi connectivity index (χ2v) is 9.11. The molecule has 0 aliphatic rings. The van der Waals surface area contributed by atoms with Crippen LogP contribution in [-0.2, 0) is 18.4 Å². The molecule has 3 aromatic rings. The minimum absolute atomic E-state index is 0.103. The molecule has 0 saturated heterocycles. The number of aromatic nitrogens is 2. The molecular formula is C24H28N4O3S. The quantitative estimate of drug-likeness (QED) is 0.516. The molecule has 0 bridgehead atoms. The zero-order valence-corrected chi connectivity index (χ0v) is 19.8. The topological polar surface area (TPSA) is 78.7 Å². The Morgan fingerprint density at radius 2 is 1.72 bits per heavy atom. The van der Waals surface area contributed by atoms with Crippen molar-refractivity contribution in [2.75, 3.05) is 18.5 Å². The molecule has 32 heavy (non-hydrogen) atoms. The van der Waals surface area contributed by atoms with E-state index in [1.807, 2.05) is 29.2 Å². The van der Waals surface area contributed by atoms with Crippen molar-refractivity contribution >= 4 is 29.5 Å². The molecule has 1 aromatic heterocycles. The van der Waals surface area contributed by atoms with Gasteiger partial charge in [-0.3, -0.25) is 4.79 Å². The number of carbonyl (C=O) groups excluding carboxylic acids is 1. The lowest BCUT2D eigenvalue weighted by Crippen LogP contribution is -2.37. The van der Waals surface area contributed by atoms with Gasteiger partial charge in [-0.15, -0.1) is 0 Å². The number of carboxylic acid groups (broad SMARTS) is 1. The van der Waals surface area contributed by atoms with Crippen LogP contribution in [0.3, 0.4) is 0 Å². The maximum Gasteiger partial charge on any atom is 0.335 e. The highest BCUT2D eigenvalue weighted by atomic mass is 32.2. The van der Waals surface area contributed by atoms with Crippen LogP contribution in [0.25, 0.3) is 0 Å². The number of amides is 1. The summed E-state index contributed by atoms with van der Waals surface area (Å²) in [6.45, 7) is 6.70. The third kappa shape index (κ3) is 5.57. The lowest BCUT2D eigenvalue weighted by Gasteiger charge is -2.26. The third-order valence-electron chi connectivity index (χ3n) is 5.16. The van der Waals surface area contributed by atoms with Gasteiger partial charge in [-0.05, 0) is 75.2 Å². The predicted molar refractivity (Wildman–Crippen MR) is 127 cm³/mol. The van der Waals surface area contributed by atoms with Crippen LogP contribution in [0, 0.1) is 20.8 Å². The summed E-state index contributed by atoms with van der Waals surface area (Å²) in [4.78, 5) is 31.7. The van der Waals surface area contributed by atoms with E-state index in [9.17, 15) is 14.7 Å². The van der Waals surface area contributed by atoms with E-state index in [2.05, 4.69) is 37.9 Å². The Bertz CT molecular complexity index is 1100. The Hall–Kier alpha value is -3.10. The number of hydrogen-bond acceptors (Lipinski definition) is 5. The number of rotatable bonds is 8. The van der Waals surface area contributed by atoms with E-state index in [1.165, 1.54) is 28.8 Å². The molecular weight excluding hydrogens is 424 g/mol. The lowest BCUT2D eigenvalue weighted by atomic mass is 10.1. The Labute approximate surface area is 192 Å². The number of nitrogens with zero attached hydrogens (tertiary/aromatic N) is 4. The van der Waals surface area contributed by atoms with Crippen LogP contribution in [-0.4, -0.2) is 44.4 Å². The summed E-state index contributed by atoms with van der Waals surface area (Å²) in [5.74, 6) is -0.367. The predicted octanol–water partition coefficient (Wildman–Crippen LogP) is 4.22. The van der Waals surface area contributed by atoms with Crippen molar-refractivity contribution in [1.82, 2.24) is 13.9 Å². The van der Waals surface area contributed by atoms with E-state index in [-0.39, 0.29) is 24.6 Å². The molecule has 0 aliphatic carbocycles. The normalized spacial score (nSPS) is 11.1. The smallest absolute Gasteiger partial charge is 0.335 e. The first-order chi connectivity index (χ1) is 15.2.